The summed E-state index contributed by atoms with van der Waals surface area (Å²) in [6.45, 7) is 1.82. The van der Waals surface area contributed by atoms with Gasteiger partial charge in [-0.3, -0.25) is 4.79 Å². The number of anilines is 5. The molecule has 0 aliphatic heterocycles. The van der Waals surface area contributed by atoms with Gasteiger partial charge in [-0.25, -0.2) is 15.0 Å². The second-order valence-corrected chi connectivity index (χ2v) is 6.87. The van der Waals surface area contributed by atoms with Gasteiger partial charge >= 0.3 is 0 Å². The summed E-state index contributed by atoms with van der Waals surface area (Å²) < 4.78 is 0. The van der Waals surface area contributed by atoms with E-state index in [1.165, 1.54) is 0 Å². The lowest BCUT2D eigenvalue weighted by Gasteiger charge is -2.11. The highest BCUT2D eigenvalue weighted by Crippen LogP contribution is 2.21. The second-order valence-electron chi connectivity index (χ2n) is 6.87. The van der Waals surface area contributed by atoms with Gasteiger partial charge in [0.15, 0.2) is 0 Å². The van der Waals surface area contributed by atoms with Gasteiger partial charge in [0.2, 0.25) is 0 Å². The van der Waals surface area contributed by atoms with Gasteiger partial charge < -0.3 is 16.0 Å². The Morgan fingerprint density at radius 2 is 1.53 bits per heavy atom. The van der Waals surface area contributed by atoms with Crippen LogP contribution in [0.15, 0.2) is 79.0 Å². The van der Waals surface area contributed by atoms with Crippen LogP contribution in [0.25, 0.3) is 0 Å². The first kappa shape index (κ1) is 20.5. The van der Waals surface area contributed by atoms with Crippen molar-refractivity contribution in [1.82, 2.24) is 15.0 Å². The number of carbonyl (C=O) groups excluding carboxylic acids is 1. The molecule has 0 unspecified atom stereocenters. The lowest BCUT2D eigenvalue weighted by Crippen LogP contribution is -2.11. The number of aryl methyl sites for hydroxylation is 1. The number of nitrogens with one attached hydrogen (secondary N) is 3. The number of rotatable bonds is 6. The lowest BCUT2D eigenvalue weighted by atomic mass is 10.1. The Hall–Kier alpha value is -4.77. The summed E-state index contributed by atoms with van der Waals surface area (Å²) >= 11 is 0. The maximum atomic E-state index is 12.4. The number of hydrogen-bond acceptors (Lipinski definition) is 7. The van der Waals surface area contributed by atoms with E-state index in [4.69, 9.17) is 5.26 Å². The minimum absolute atomic E-state index is 0.244. The number of pyridine rings is 1. The van der Waals surface area contributed by atoms with E-state index in [-0.39, 0.29) is 5.91 Å². The zero-order valence-corrected chi connectivity index (χ0v) is 17.2. The van der Waals surface area contributed by atoms with Gasteiger partial charge in [-0.15, -0.1) is 0 Å². The van der Waals surface area contributed by atoms with Gasteiger partial charge in [-0.05, 0) is 67.6 Å². The number of aromatic nitrogens is 3. The lowest BCUT2D eigenvalue weighted by molar-refractivity contribution is 0.102. The van der Waals surface area contributed by atoms with Crippen LogP contribution in [0.3, 0.4) is 0 Å². The van der Waals surface area contributed by atoms with Gasteiger partial charge in [0.05, 0.1) is 11.6 Å². The third-order valence-corrected chi connectivity index (χ3v) is 4.45. The fourth-order valence-electron chi connectivity index (χ4n) is 2.95. The number of nitrogens with zero attached hydrogens (tertiary/aromatic N) is 4. The Kier molecular flexibility index (Phi) is 6.00. The quantitative estimate of drug-likeness (QED) is 0.410. The Bertz CT molecular complexity index is 1260. The Labute approximate surface area is 185 Å². The number of amides is 1. The van der Waals surface area contributed by atoms with Crippen molar-refractivity contribution in [2.45, 2.75) is 6.92 Å². The van der Waals surface area contributed by atoms with E-state index in [0.717, 1.165) is 5.69 Å². The van der Waals surface area contributed by atoms with Crippen molar-refractivity contribution in [3.05, 3.63) is 95.9 Å². The monoisotopic (exact) mass is 421 g/mol. The predicted octanol–water partition coefficient (Wildman–Crippen LogP) is 4.79. The van der Waals surface area contributed by atoms with Crippen LogP contribution in [0.4, 0.5) is 28.8 Å². The minimum Gasteiger partial charge on any atom is -0.340 e. The summed E-state index contributed by atoms with van der Waals surface area (Å²) in [5, 5.41) is 18.1. The molecule has 8 nitrogen and oxygen atoms in total. The molecule has 2 aromatic heterocycles. The summed E-state index contributed by atoms with van der Waals surface area (Å²) in [6.07, 6.45) is 1.71. The highest BCUT2D eigenvalue weighted by molar-refractivity contribution is 6.04. The van der Waals surface area contributed by atoms with Crippen LogP contribution >= 0.6 is 0 Å². The van der Waals surface area contributed by atoms with E-state index < -0.39 is 0 Å². The van der Waals surface area contributed by atoms with Crippen molar-refractivity contribution in [3.8, 4) is 6.07 Å². The molecule has 2 heterocycles. The number of benzene rings is 2. The number of hydrogen-bond donors (Lipinski definition) is 3. The second kappa shape index (κ2) is 9.36. The van der Waals surface area contributed by atoms with Crippen molar-refractivity contribution in [1.29, 1.82) is 5.26 Å². The molecular weight excluding hydrogens is 402 g/mol. The van der Waals surface area contributed by atoms with Crippen LogP contribution in [0.2, 0.25) is 0 Å². The van der Waals surface area contributed by atoms with Crippen LogP contribution in [0, 0.1) is 18.3 Å². The summed E-state index contributed by atoms with van der Waals surface area (Å²) in [7, 11) is 0. The molecule has 156 valence electrons. The third-order valence-electron chi connectivity index (χ3n) is 4.45. The van der Waals surface area contributed by atoms with Crippen LogP contribution in [-0.2, 0) is 0 Å². The van der Waals surface area contributed by atoms with Crippen LogP contribution in [0.5, 0.6) is 0 Å². The van der Waals surface area contributed by atoms with Gasteiger partial charge in [0, 0.05) is 29.2 Å². The summed E-state index contributed by atoms with van der Waals surface area (Å²) in [6, 6.07) is 23.2. The molecule has 32 heavy (non-hydrogen) atoms. The van der Waals surface area contributed by atoms with Crippen LogP contribution < -0.4 is 16.0 Å². The molecule has 0 bridgehead atoms. The molecule has 1 amide bonds. The number of carbonyl (C=O) groups is 1. The third kappa shape index (κ3) is 5.23. The first-order valence-electron chi connectivity index (χ1n) is 9.81. The zero-order chi connectivity index (χ0) is 22.3. The van der Waals surface area contributed by atoms with E-state index in [9.17, 15) is 4.79 Å². The van der Waals surface area contributed by atoms with E-state index >= 15 is 0 Å². The van der Waals surface area contributed by atoms with Gasteiger partial charge in [0.1, 0.15) is 23.3 Å². The molecule has 4 aromatic rings. The average molecular weight is 421 g/mol. The molecule has 0 atom stereocenters. The van der Waals surface area contributed by atoms with Gasteiger partial charge in [-0.2, -0.15) is 5.26 Å². The number of nitriles is 1. The Morgan fingerprint density at radius 1 is 0.844 bits per heavy atom. The van der Waals surface area contributed by atoms with Crippen LogP contribution in [0.1, 0.15) is 21.7 Å². The first-order valence-corrected chi connectivity index (χ1v) is 9.81. The largest absolute Gasteiger partial charge is 0.340 e. The van der Waals surface area contributed by atoms with E-state index in [2.05, 4.69) is 30.9 Å². The molecule has 0 saturated carbocycles. The van der Waals surface area contributed by atoms with Crippen molar-refractivity contribution >= 4 is 34.7 Å². The predicted molar refractivity (Wildman–Crippen MR) is 123 cm³/mol. The molecule has 8 heteroatoms. The molecule has 3 N–H and O–H groups in total. The highest BCUT2D eigenvalue weighted by Gasteiger charge is 2.07. The summed E-state index contributed by atoms with van der Waals surface area (Å²) in [5.74, 6) is 2.32. The van der Waals surface area contributed by atoms with Crippen molar-refractivity contribution < 1.29 is 4.79 Å². The standard InChI is InChI=1S/C24H19N7O/c1-16-27-22(14-23(28-16)31-21-4-2-3-13-26-21)29-19-9-11-20(12-10-19)30-24(32)18-7-5-17(15-25)6-8-18/h2-14H,1H3,(H,30,32)(H2,26,27,28,29,31). The van der Waals surface area contributed by atoms with Gasteiger partial charge in [-0.1, -0.05) is 6.07 Å². The Balaban J connectivity index is 1.42. The van der Waals surface area contributed by atoms with Crippen molar-refractivity contribution in [2.24, 2.45) is 0 Å². The normalized spacial score (nSPS) is 10.1. The molecular formula is C24H19N7O. The summed E-state index contributed by atoms with van der Waals surface area (Å²) in [5.41, 5.74) is 2.45. The molecule has 2 aromatic carbocycles. The SMILES string of the molecule is Cc1nc(Nc2ccc(NC(=O)c3ccc(C#N)cc3)cc2)cc(Nc2ccccn2)n1. The summed E-state index contributed by atoms with van der Waals surface area (Å²) in [4.78, 5) is 25.4. The molecule has 0 radical (unpaired) electrons. The maximum absolute atomic E-state index is 12.4. The molecule has 0 saturated heterocycles. The van der Waals surface area contributed by atoms with E-state index in [1.54, 1.807) is 48.7 Å². The molecule has 0 fully saturated rings. The van der Waals surface area contributed by atoms with E-state index in [1.807, 2.05) is 43.3 Å². The van der Waals surface area contributed by atoms with Gasteiger partial charge in [0.25, 0.3) is 5.91 Å². The Morgan fingerprint density at radius 3 is 2.19 bits per heavy atom. The maximum Gasteiger partial charge on any atom is 0.255 e. The van der Waals surface area contributed by atoms with Crippen molar-refractivity contribution in [2.75, 3.05) is 16.0 Å². The molecule has 0 aliphatic carbocycles. The van der Waals surface area contributed by atoms with Crippen LogP contribution in [-0.4, -0.2) is 20.9 Å². The fraction of sp³-hybridized carbons (Fsp3) is 0.0417. The highest BCUT2D eigenvalue weighted by atomic mass is 16.1. The minimum atomic E-state index is -0.244. The molecule has 0 spiro atoms. The average Bonchev–Trinajstić information content (AvgIpc) is 2.81. The van der Waals surface area contributed by atoms with E-state index in [0.29, 0.717) is 40.1 Å². The van der Waals surface area contributed by atoms with Crippen molar-refractivity contribution in [3.63, 3.8) is 0 Å². The topological polar surface area (TPSA) is 116 Å². The molecule has 4 rings (SSSR count). The molecule has 0 aliphatic rings. The first-order chi connectivity index (χ1) is 15.6. The zero-order valence-electron chi connectivity index (χ0n) is 17.2. The fourth-order valence-corrected chi connectivity index (χ4v) is 2.95. The smallest absolute Gasteiger partial charge is 0.255 e.